The molecule has 4 amide bonds. The molecule has 2 saturated heterocycles. The lowest BCUT2D eigenvalue weighted by molar-refractivity contribution is -0.122. The predicted octanol–water partition coefficient (Wildman–Crippen LogP) is 1.61. The van der Waals surface area contributed by atoms with E-state index in [4.69, 9.17) is 0 Å². The van der Waals surface area contributed by atoms with Crippen molar-refractivity contribution < 1.29 is 19.2 Å². The Morgan fingerprint density at radius 1 is 0.950 bits per heavy atom. The average molecular weight is 308 g/mol. The Balaban J connectivity index is 1.88. The van der Waals surface area contributed by atoms with Crippen LogP contribution in [-0.4, -0.2) is 32.8 Å². The van der Waals surface area contributed by atoms with Crippen LogP contribution >= 0.6 is 23.5 Å². The van der Waals surface area contributed by atoms with Crippen molar-refractivity contribution in [2.45, 2.75) is 10.5 Å². The van der Waals surface area contributed by atoms with Gasteiger partial charge in [0.2, 0.25) is 11.8 Å². The molecule has 0 unspecified atom stereocenters. The van der Waals surface area contributed by atoms with Crippen LogP contribution in [0.3, 0.4) is 0 Å². The van der Waals surface area contributed by atoms with E-state index in [1.807, 2.05) is 0 Å². The highest BCUT2D eigenvalue weighted by molar-refractivity contribution is 8.19. The summed E-state index contributed by atoms with van der Waals surface area (Å²) in [6.45, 7) is 0. The van der Waals surface area contributed by atoms with Crippen LogP contribution in [-0.2, 0) is 9.59 Å². The summed E-state index contributed by atoms with van der Waals surface area (Å²) in [5, 5.41) is -0.506. The maximum atomic E-state index is 12.3. The van der Waals surface area contributed by atoms with Gasteiger partial charge in [0, 0.05) is 0 Å². The van der Waals surface area contributed by atoms with E-state index in [-0.39, 0.29) is 0 Å². The molecule has 1 N–H and O–H groups in total. The van der Waals surface area contributed by atoms with Crippen molar-refractivity contribution in [2.24, 2.45) is 0 Å². The molecule has 0 aromatic heterocycles. The van der Waals surface area contributed by atoms with E-state index < -0.39 is 32.8 Å². The molecule has 3 rings (SSSR count). The van der Waals surface area contributed by atoms with Crippen LogP contribution in [0.2, 0.25) is 0 Å². The molecule has 2 aliphatic heterocycles. The first-order valence-corrected chi connectivity index (χ1v) is 7.45. The van der Waals surface area contributed by atoms with Crippen LogP contribution in [0.25, 0.3) is 0 Å². The summed E-state index contributed by atoms with van der Waals surface area (Å²) in [4.78, 5) is 48.2. The molecular formula is C12H8N2O4S2. The van der Waals surface area contributed by atoms with Gasteiger partial charge in [-0.1, -0.05) is 18.2 Å². The van der Waals surface area contributed by atoms with Crippen molar-refractivity contribution in [3.05, 3.63) is 30.3 Å². The van der Waals surface area contributed by atoms with Crippen molar-refractivity contribution in [1.82, 2.24) is 5.32 Å². The molecule has 0 saturated carbocycles. The van der Waals surface area contributed by atoms with Crippen LogP contribution in [0.1, 0.15) is 0 Å². The van der Waals surface area contributed by atoms with Crippen molar-refractivity contribution in [2.75, 3.05) is 4.90 Å². The maximum Gasteiger partial charge on any atom is 0.293 e. The molecule has 2 aliphatic rings. The molecule has 20 heavy (non-hydrogen) atoms. The van der Waals surface area contributed by atoms with E-state index in [2.05, 4.69) is 5.32 Å². The average Bonchev–Trinajstić information content (AvgIpc) is 2.90. The minimum Gasteiger partial charge on any atom is -0.286 e. The SMILES string of the molecule is O=C1NC(=O)[C@H]([C@@H]2SC(=O)N(c3ccccc3)C2=O)S1. The fourth-order valence-corrected chi connectivity index (χ4v) is 4.10. The molecule has 0 bridgehead atoms. The molecule has 6 nitrogen and oxygen atoms in total. The molecule has 8 heteroatoms. The van der Waals surface area contributed by atoms with Gasteiger partial charge in [-0.3, -0.25) is 24.5 Å². The number of amides is 4. The number of imide groups is 2. The van der Waals surface area contributed by atoms with Gasteiger partial charge in [-0.2, -0.15) is 0 Å². The highest BCUT2D eigenvalue weighted by Gasteiger charge is 2.50. The van der Waals surface area contributed by atoms with Crippen LogP contribution in [0.15, 0.2) is 30.3 Å². The first-order chi connectivity index (χ1) is 9.58. The number of hydrogen-bond donors (Lipinski definition) is 1. The van der Waals surface area contributed by atoms with Gasteiger partial charge in [0.25, 0.3) is 10.5 Å². The normalized spacial score (nSPS) is 26.3. The maximum absolute atomic E-state index is 12.3. The molecule has 0 spiro atoms. The predicted molar refractivity (Wildman–Crippen MR) is 75.6 cm³/mol. The summed E-state index contributed by atoms with van der Waals surface area (Å²) in [5.41, 5.74) is 0.465. The molecule has 2 fully saturated rings. The van der Waals surface area contributed by atoms with E-state index >= 15 is 0 Å². The number of rotatable bonds is 2. The third-order valence-corrected chi connectivity index (χ3v) is 5.22. The highest BCUT2D eigenvalue weighted by Crippen LogP contribution is 2.38. The zero-order chi connectivity index (χ0) is 14.3. The Hall–Kier alpha value is -1.80. The molecule has 1 aromatic carbocycles. The van der Waals surface area contributed by atoms with Gasteiger partial charge in [-0.15, -0.1) is 0 Å². The minimum absolute atomic E-state index is 0.432. The molecular weight excluding hydrogens is 300 g/mol. The second kappa shape index (κ2) is 4.95. The zero-order valence-corrected chi connectivity index (χ0v) is 11.6. The number of carbonyl (C=O) groups excluding carboxylic acids is 4. The van der Waals surface area contributed by atoms with E-state index in [9.17, 15) is 19.2 Å². The number of thioether (sulfide) groups is 2. The fourth-order valence-electron chi connectivity index (χ4n) is 2.00. The third-order valence-electron chi connectivity index (χ3n) is 2.88. The lowest BCUT2D eigenvalue weighted by atomic mass is 10.2. The van der Waals surface area contributed by atoms with Gasteiger partial charge in [0.15, 0.2) is 0 Å². The number of anilines is 1. The fraction of sp³-hybridized carbons (Fsp3) is 0.167. The van der Waals surface area contributed by atoms with E-state index in [1.54, 1.807) is 30.3 Å². The van der Waals surface area contributed by atoms with Gasteiger partial charge in [-0.05, 0) is 35.7 Å². The molecule has 102 valence electrons. The Morgan fingerprint density at radius 3 is 2.25 bits per heavy atom. The lowest BCUT2D eigenvalue weighted by Gasteiger charge is -2.14. The van der Waals surface area contributed by atoms with Crippen LogP contribution in [0.4, 0.5) is 15.3 Å². The van der Waals surface area contributed by atoms with Gasteiger partial charge in [0.05, 0.1) is 5.69 Å². The van der Waals surface area contributed by atoms with Gasteiger partial charge in [0.1, 0.15) is 10.5 Å². The standard InChI is InChI=1S/C12H8N2O4S2/c15-9-7(19-11(17)13-9)8-10(16)14(12(18)20-8)6-4-2-1-3-5-6/h1-5,7-8H,(H,13,15,17)/t7-,8-/m0/s1. The Bertz CT molecular complexity index is 619. The number of nitrogens with zero attached hydrogens (tertiary/aromatic N) is 1. The first-order valence-electron chi connectivity index (χ1n) is 5.69. The van der Waals surface area contributed by atoms with Crippen molar-refractivity contribution in [3.8, 4) is 0 Å². The summed E-state index contributed by atoms with van der Waals surface area (Å²) in [6.07, 6.45) is 0. The van der Waals surface area contributed by atoms with E-state index in [0.29, 0.717) is 5.69 Å². The zero-order valence-electron chi connectivity index (χ0n) is 9.94. The topological polar surface area (TPSA) is 83.6 Å². The number of para-hydroxylation sites is 1. The second-order valence-electron chi connectivity index (χ2n) is 4.13. The Kier molecular flexibility index (Phi) is 3.27. The highest BCUT2D eigenvalue weighted by atomic mass is 32.2. The summed E-state index contributed by atoms with van der Waals surface area (Å²) >= 11 is 1.54. The number of nitrogens with one attached hydrogen (secondary N) is 1. The largest absolute Gasteiger partial charge is 0.293 e. The van der Waals surface area contributed by atoms with Gasteiger partial charge in [-0.25, -0.2) is 4.90 Å². The Labute approximate surface area is 122 Å². The van der Waals surface area contributed by atoms with Gasteiger partial charge >= 0.3 is 0 Å². The quantitative estimate of drug-likeness (QED) is 0.893. The third kappa shape index (κ3) is 2.10. The molecule has 2 heterocycles. The minimum atomic E-state index is -0.862. The summed E-state index contributed by atoms with van der Waals surface area (Å²) in [6, 6.07) is 8.50. The first kappa shape index (κ1) is 13.2. The summed E-state index contributed by atoms with van der Waals surface area (Å²) in [7, 11) is 0. The Morgan fingerprint density at radius 2 is 1.65 bits per heavy atom. The summed E-state index contributed by atoms with van der Waals surface area (Å²) < 4.78 is 0. The van der Waals surface area contributed by atoms with Gasteiger partial charge < -0.3 is 0 Å². The van der Waals surface area contributed by atoms with Crippen molar-refractivity contribution in [3.63, 3.8) is 0 Å². The smallest absolute Gasteiger partial charge is 0.286 e. The molecule has 2 atom stereocenters. The van der Waals surface area contributed by atoms with Crippen LogP contribution < -0.4 is 10.2 Å². The second-order valence-corrected chi connectivity index (χ2v) is 6.34. The van der Waals surface area contributed by atoms with E-state index in [1.165, 1.54) is 0 Å². The van der Waals surface area contributed by atoms with Crippen molar-refractivity contribution in [1.29, 1.82) is 0 Å². The number of benzene rings is 1. The van der Waals surface area contributed by atoms with Crippen LogP contribution in [0, 0.1) is 0 Å². The molecule has 0 aliphatic carbocycles. The van der Waals surface area contributed by atoms with Crippen LogP contribution in [0.5, 0.6) is 0 Å². The number of carbonyl (C=O) groups is 4. The molecule has 1 aromatic rings. The summed E-state index contributed by atoms with van der Waals surface area (Å²) in [5.74, 6) is -0.984. The number of hydrogen-bond acceptors (Lipinski definition) is 6. The van der Waals surface area contributed by atoms with Crippen molar-refractivity contribution >= 4 is 51.5 Å². The monoisotopic (exact) mass is 308 g/mol. The van der Waals surface area contributed by atoms with E-state index in [0.717, 1.165) is 28.4 Å². The molecule has 0 radical (unpaired) electrons. The lowest BCUT2D eigenvalue weighted by Crippen LogP contribution is -2.39.